The minimum atomic E-state index is -0.391. The average Bonchev–Trinajstić information content (AvgIpc) is 2.49. The molecule has 0 fully saturated rings. The SMILES string of the molecule is O=C(/C=C/c1ccccc1)Oc1ccc(/C=C/Br)cc1. The van der Waals surface area contributed by atoms with E-state index in [0.29, 0.717) is 5.75 Å². The molecule has 20 heavy (non-hydrogen) atoms. The van der Waals surface area contributed by atoms with E-state index in [0.717, 1.165) is 11.1 Å². The molecule has 0 aliphatic rings. The molecule has 0 saturated carbocycles. The highest BCUT2D eigenvalue weighted by Gasteiger charge is 2.00. The number of rotatable bonds is 4. The third-order valence-electron chi connectivity index (χ3n) is 2.57. The molecular formula is C17H13BrO2. The zero-order valence-electron chi connectivity index (χ0n) is 10.7. The van der Waals surface area contributed by atoms with E-state index >= 15 is 0 Å². The molecule has 2 aromatic rings. The second kappa shape index (κ2) is 7.46. The van der Waals surface area contributed by atoms with Gasteiger partial charge in [-0.05, 0) is 40.4 Å². The minimum absolute atomic E-state index is 0.391. The largest absolute Gasteiger partial charge is 0.423 e. The lowest BCUT2D eigenvalue weighted by atomic mass is 10.2. The first-order chi connectivity index (χ1) is 9.78. The highest BCUT2D eigenvalue weighted by Crippen LogP contribution is 2.14. The van der Waals surface area contributed by atoms with E-state index in [4.69, 9.17) is 4.74 Å². The topological polar surface area (TPSA) is 26.3 Å². The van der Waals surface area contributed by atoms with Crippen LogP contribution in [-0.2, 0) is 4.79 Å². The van der Waals surface area contributed by atoms with E-state index < -0.39 is 5.97 Å². The lowest BCUT2D eigenvalue weighted by Gasteiger charge is -2.01. The van der Waals surface area contributed by atoms with E-state index in [1.54, 1.807) is 23.2 Å². The fourth-order valence-corrected chi connectivity index (χ4v) is 1.90. The second-order valence-electron chi connectivity index (χ2n) is 4.03. The number of carbonyl (C=O) groups excluding carboxylic acids is 1. The van der Waals surface area contributed by atoms with Crippen molar-refractivity contribution in [3.05, 3.63) is 76.8 Å². The molecule has 0 aliphatic carbocycles. The predicted octanol–water partition coefficient (Wildman–Crippen LogP) is 4.67. The molecule has 0 aliphatic heterocycles. The maximum absolute atomic E-state index is 11.7. The first kappa shape index (κ1) is 14.3. The van der Waals surface area contributed by atoms with Crippen LogP contribution in [0.4, 0.5) is 0 Å². The van der Waals surface area contributed by atoms with Gasteiger partial charge in [-0.3, -0.25) is 0 Å². The lowest BCUT2D eigenvalue weighted by molar-refractivity contribution is -0.128. The molecular weight excluding hydrogens is 316 g/mol. The van der Waals surface area contributed by atoms with Crippen molar-refractivity contribution in [2.24, 2.45) is 0 Å². The van der Waals surface area contributed by atoms with Crippen LogP contribution in [0.3, 0.4) is 0 Å². The van der Waals surface area contributed by atoms with Gasteiger partial charge in [0, 0.05) is 6.08 Å². The van der Waals surface area contributed by atoms with E-state index in [-0.39, 0.29) is 0 Å². The Kier molecular flexibility index (Phi) is 5.33. The van der Waals surface area contributed by atoms with Gasteiger partial charge >= 0.3 is 5.97 Å². The Balaban J connectivity index is 1.96. The van der Waals surface area contributed by atoms with Gasteiger partial charge in [-0.25, -0.2) is 4.79 Å². The molecule has 0 N–H and O–H groups in total. The Morgan fingerprint density at radius 1 is 0.900 bits per heavy atom. The first-order valence-electron chi connectivity index (χ1n) is 6.10. The summed E-state index contributed by atoms with van der Waals surface area (Å²) in [5.41, 5.74) is 1.99. The molecule has 0 radical (unpaired) electrons. The lowest BCUT2D eigenvalue weighted by Crippen LogP contribution is -2.03. The number of halogens is 1. The highest BCUT2D eigenvalue weighted by atomic mass is 79.9. The Morgan fingerprint density at radius 3 is 2.20 bits per heavy atom. The molecule has 2 nitrogen and oxygen atoms in total. The third kappa shape index (κ3) is 4.52. The summed E-state index contributed by atoms with van der Waals surface area (Å²) in [5.74, 6) is 0.136. The number of esters is 1. The Labute approximate surface area is 126 Å². The van der Waals surface area contributed by atoms with Crippen LogP contribution in [0.2, 0.25) is 0 Å². The molecule has 0 amide bonds. The molecule has 0 saturated heterocycles. The van der Waals surface area contributed by atoms with Crippen molar-refractivity contribution in [2.75, 3.05) is 0 Å². The van der Waals surface area contributed by atoms with Gasteiger partial charge in [0.2, 0.25) is 0 Å². The van der Waals surface area contributed by atoms with Crippen LogP contribution in [0.1, 0.15) is 11.1 Å². The van der Waals surface area contributed by atoms with Crippen molar-refractivity contribution in [1.29, 1.82) is 0 Å². The van der Waals surface area contributed by atoms with Crippen molar-refractivity contribution < 1.29 is 9.53 Å². The smallest absolute Gasteiger partial charge is 0.336 e. The normalized spacial score (nSPS) is 11.1. The van der Waals surface area contributed by atoms with Gasteiger partial charge in [-0.2, -0.15) is 0 Å². The van der Waals surface area contributed by atoms with Crippen molar-refractivity contribution in [2.45, 2.75) is 0 Å². The molecule has 2 aromatic carbocycles. The van der Waals surface area contributed by atoms with Crippen LogP contribution in [0.25, 0.3) is 12.2 Å². The van der Waals surface area contributed by atoms with Gasteiger partial charge in [0.05, 0.1) is 0 Å². The maximum Gasteiger partial charge on any atom is 0.336 e. The van der Waals surface area contributed by atoms with E-state index in [1.807, 2.05) is 48.5 Å². The molecule has 100 valence electrons. The standard InChI is InChI=1S/C17H13BrO2/c18-13-12-15-6-9-16(10-7-15)20-17(19)11-8-14-4-2-1-3-5-14/h1-13H/b11-8+,13-12+. The van der Waals surface area contributed by atoms with Crippen molar-refractivity contribution in [1.82, 2.24) is 0 Å². The zero-order valence-corrected chi connectivity index (χ0v) is 12.3. The zero-order chi connectivity index (χ0) is 14.2. The summed E-state index contributed by atoms with van der Waals surface area (Å²) >= 11 is 3.21. The minimum Gasteiger partial charge on any atom is -0.423 e. The fourth-order valence-electron chi connectivity index (χ4n) is 1.60. The summed E-state index contributed by atoms with van der Waals surface area (Å²) in [6, 6.07) is 16.9. The molecule has 0 bridgehead atoms. The number of hydrogen-bond acceptors (Lipinski definition) is 2. The second-order valence-corrected chi connectivity index (χ2v) is 4.56. The Bertz CT molecular complexity index is 613. The predicted molar refractivity (Wildman–Crippen MR) is 85.5 cm³/mol. The van der Waals surface area contributed by atoms with E-state index in [9.17, 15) is 4.79 Å². The van der Waals surface area contributed by atoms with E-state index in [2.05, 4.69) is 15.9 Å². The molecule has 2 rings (SSSR count). The highest BCUT2D eigenvalue weighted by molar-refractivity contribution is 9.11. The maximum atomic E-state index is 11.7. The Hall–Kier alpha value is -2.13. The monoisotopic (exact) mass is 328 g/mol. The number of hydrogen-bond donors (Lipinski definition) is 0. The van der Waals surface area contributed by atoms with Gasteiger partial charge in [0.1, 0.15) is 5.75 Å². The van der Waals surface area contributed by atoms with Crippen LogP contribution < -0.4 is 4.74 Å². The van der Waals surface area contributed by atoms with Gasteiger partial charge < -0.3 is 4.74 Å². The Morgan fingerprint density at radius 2 is 1.55 bits per heavy atom. The number of ether oxygens (including phenoxy) is 1. The van der Waals surface area contributed by atoms with Crippen LogP contribution in [-0.4, -0.2) is 5.97 Å². The summed E-state index contributed by atoms with van der Waals surface area (Å²) in [6.07, 6.45) is 5.05. The van der Waals surface area contributed by atoms with Crippen LogP contribution in [0, 0.1) is 0 Å². The summed E-state index contributed by atoms with van der Waals surface area (Å²) < 4.78 is 5.21. The number of carbonyl (C=O) groups is 1. The quantitative estimate of drug-likeness (QED) is 0.463. The fraction of sp³-hybridized carbons (Fsp3) is 0. The number of benzene rings is 2. The molecule has 0 aromatic heterocycles. The summed E-state index contributed by atoms with van der Waals surface area (Å²) in [5, 5.41) is 0. The van der Waals surface area contributed by atoms with Gasteiger partial charge in [-0.15, -0.1) is 0 Å². The molecule has 0 unspecified atom stereocenters. The van der Waals surface area contributed by atoms with Crippen molar-refractivity contribution in [3.8, 4) is 5.75 Å². The van der Waals surface area contributed by atoms with E-state index in [1.165, 1.54) is 6.08 Å². The molecule has 0 atom stereocenters. The molecule has 0 spiro atoms. The first-order valence-corrected chi connectivity index (χ1v) is 7.01. The van der Waals surface area contributed by atoms with Crippen LogP contribution >= 0.6 is 15.9 Å². The molecule has 3 heteroatoms. The summed E-state index contributed by atoms with van der Waals surface area (Å²) in [7, 11) is 0. The average molecular weight is 329 g/mol. The van der Waals surface area contributed by atoms with Gasteiger partial charge in [0.25, 0.3) is 0 Å². The van der Waals surface area contributed by atoms with Gasteiger partial charge in [0.15, 0.2) is 0 Å². The van der Waals surface area contributed by atoms with Crippen molar-refractivity contribution >= 4 is 34.1 Å². The summed E-state index contributed by atoms with van der Waals surface area (Å²) in [4.78, 5) is 13.4. The van der Waals surface area contributed by atoms with Crippen molar-refractivity contribution in [3.63, 3.8) is 0 Å². The summed E-state index contributed by atoms with van der Waals surface area (Å²) in [6.45, 7) is 0. The van der Waals surface area contributed by atoms with Crippen LogP contribution in [0.15, 0.2) is 65.7 Å². The van der Waals surface area contributed by atoms with Gasteiger partial charge in [-0.1, -0.05) is 58.4 Å². The molecule has 0 heterocycles. The third-order valence-corrected chi connectivity index (χ3v) is 2.83. The van der Waals surface area contributed by atoms with Crippen LogP contribution in [0.5, 0.6) is 5.75 Å².